The van der Waals surface area contributed by atoms with Crippen molar-refractivity contribution in [2.75, 3.05) is 26.4 Å². The van der Waals surface area contributed by atoms with E-state index in [1.165, 1.54) is 4.90 Å². The van der Waals surface area contributed by atoms with Crippen molar-refractivity contribution in [1.29, 1.82) is 0 Å². The van der Waals surface area contributed by atoms with Crippen LogP contribution in [0.5, 0.6) is 5.75 Å². The van der Waals surface area contributed by atoms with E-state index in [-0.39, 0.29) is 10.7 Å². The Morgan fingerprint density at radius 3 is 2.53 bits per heavy atom. The van der Waals surface area contributed by atoms with Crippen LogP contribution in [-0.4, -0.2) is 37.0 Å². The number of ether oxygens (including phenoxy) is 2. The van der Waals surface area contributed by atoms with Crippen molar-refractivity contribution in [3.05, 3.63) is 72.3 Å². The molecule has 0 aromatic heterocycles. The summed E-state index contributed by atoms with van der Waals surface area (Å²) in [5.41, 5.74) is 0.613. The monoisotopic (exact) mass is 421 g/mol. The first-order valence-corrected chi connectivity index (χ1v) is 11.3. The van der Waals surface area contributed by atoms with Gasteiger partial charge < -0.3 is 14.8 Å². The first kappa shape index (κ1) is 20.8. The van der Waals surface area contributed by atoms with Gasteiger partial charge in [0.05, 0.1) is 12.2 Å². The second kappa shape index (κ2) is 9.54. The number of thioether (sulfide) groups is 1. The lowest BCUT2D eigenvalue weighted by molar-refractivity contribution is 0.0740. The van der Waals surface area contributed by atoms with Crippen molar-refractivity contribution in [3.8, 4) is 5.75 Å². The number of amides is 1. The van der Waals surface area contributed by atoms with Gasteiger partial charge in [0.2, 0.25) is 0 Å². The molecule has 3 aromatic rings. The molecule has 1 amide bonds. The maximum atomic E-state index is 13.4. The molecule has 1 heterocycles. The summed E-state index contributed by atoms with van der Waals surface area (Å²) in [5.74, 6) is 0.542. The zero-order valence-electron chi connectivity index (χ0n) is 17.2. The van der Waals surface area contributed by atoms with Gasteiger partial charge in [-0.3, -0.25) is 4.79 Å². The van der Waals surface area contributed by atoms with Crippen molar-refractivity contribution >= 4 is 28.4 Å². The SMILES string of the molecule is CCOc1ccc2ccccc2c1C(=O)NCC1(Sc2ccccc2)CCOCC1. The van der Waals surface area contributed by atoms with Crippen LogP contribution in [0.2, 0.25) is 0 Å². The van der Waals surface area contributed by atoms with Crippen molar-refractivity contribution in [1.82, 2.24) is 5.32 Å². The fourth-order valence-corrected chi connectivity index (χ4v) is 5.20. The van der Waals surface area contributed by atoms with E-state index >= 15 is 0 Å². The van der Waals surface area contributed by atoms with Crippen molar-refractivity contribution in [2.45, 2.75) is 29.4 Å². The molecule has 0 saturated carbocycles. The fourth-order valence-electron chi connectivity index (χ4n) is 3.89. The van der Waals surface area contributed by atoms with E-state index < -0.39 is 0 Å². The van der Waals surface area contributed by atoms with Gasteiger partial charge in [0.25, 0.3) is 5.91 Å². The molecule has 0 spiro atoms. The van der Waals surface area contributed by atoms with E-state index in [1.54, 1.807) is 0 Å². The van der Waals surface area contributed by atoms with Crippen LogP contribution in [0.3, 0.4) is 0 Å². The normalized spacial score (nSPS) is 15.6. The molecule has 5 heteroatoms. The lowest BCUT2D eigenvalue weighted by Crippen LogP contribution is -2.44. The topological polar surface area (TPSA) is 47.6 Å². The minimum Gasteiger partial charge on any atom is -0.493 e. The molecule has 4 rings (SSSR count). The number of fused-ring (bicyclic) bond motifs is 1. The van der Waals surface area contributed by atoms with Crippen LogP contribution in [0.4, 0.5) is 0 Å². The molecular weight excluding hydrogens is 394 g/mol. The summed E-state index contributed by atoms with van der Waals surface area (Å²) < 4.78 is 11.3. The molecular formula is C25H27NO3S. The van der Waals surface area contributed by atoms with Crippen LogP contribution >= 0.6 is 11.8 Å². The summed E-state index contributed by atoms with van der Waals surface area (Å²) in [6.07, 6.45) is 1.81. The van der Waals surface area contributed by atoms with Crippen LogP contribution in [0.25, 0.3) is 10.8 Å². The Kier molecular flexibility index (Phi) is 6.60. The highest BCUT2D eigenvalue weighted by Gasteiger charge is 2.34. The molecule has 0 bridgehead atoms. The third-order valence-electron chi connectivity index (χ3n) is 5.47. The summed E-state index contributed by atoms with van der Waals surface area (Å²) in [5, 5.41) is 5.17. The molecule has 1 saturated heterocycles. The molecule has 1 aliphatic heterocycles. The first-order chi connectivity index (χ1) is 14.7. The highest BCUT2D eigenvalue weighted by molar-refractivity contribution is 8.00. The van der Waals surface area contributed by atoms with Gasteiger partial charge in [0, 0.05) is 29.4 Å². The minimum absolute atomic E-state index is 0.0778. The van der Waals surface area contributed by atoms with E-state index in [0.29, 0.717) is 37.7 Å². The van der Waals surface area contributed by atoms with Gasteiger partial charge in [-0.15, -0.1) is 11.8 Å². The Morgan fingerprint density at radius 2 is 1.77 bits per heavy atom. The van der Waals surface area contributed by atoms with Gasteiger partial charge >= 0.3 is 0 Å². The van der Waals surface area contributed by atoms with Crippen molar-refractivity contribution in [2.24, 2.45) is 0 Å². The number of carbonyl (C=O) groups excluding carboxylic acids is 1. The Bertz CT molecular complexity index is 1000. The summed E-state index contributed by atoms with van der Waals surface area (Å²) >= 11 is 1.84. The van der Waals surface area contributed by atoms with Crippen LogP contribution < -0.4 is 10.1 Å². The Balaban J connectivity index is 1.59. The number of carbonyl (C=O) groups is 1. The standard InChI is InChI=1S/C25H27NO3S/c1-2-29-22-13-12-19-8-6-7-11-21(19)23(22)24(27)26-18-25(14-16-28-17-15-25)30-20-9-4-3-5-10-20/h3-13H,2,14-18H2,1H3,(H,26,27). The predicted octanol–water partition coefficient (Wildman–Crippen LogP) is 5.31. The molecule has 1 aliphatic rings. The van der Waals surface area contributed by atoms with E-state index in [1.807, 2.05) is 61.2 Å². The smallest absolute Gasteiger partial charge is 0.255 e. The second-order valence-corrected chi connectivity index (χ2v) is 9.03. The molecule has 1 fully saturated rings. The molecule has 1 N–H and O–H groups in total. The maximum absolute atomic E-state index is 13.4. The Hall–Kier alpha value is -2.50. The highest BCUT2D eigenvalue weighted by Crippen LogP contribution is 2.40. The molecule has 0 unspecified atom stereocenters. The number of hydrogen-bond acceptors (Lipinski definition) is 4. The third kappa shape index (κ3) is 4.63. The molecule has 0 radical (unpaired) electrons. The van der Waals surface area contributed by atoms with Gasteiger partial charge in [-0.2, -0.15) is 0 Å². The summed E-state index contributed by atoms with van der Waals surface area (Å²) in [4.78, 5) is 14.6. The quantitative estimate of drug-likeness (QED) is 0.562. The molecule has 3 aromatic carbocycles. The first-order valence-electron chi connectivity index (χ1n) is 10.5. The van der Waals surface area contributed by atoms with E-state index in [2.05, 4.69) is 29.6 Å². The van der Waals surface area contributed by atoms with E-state index in [4.69, 9.17) is 9.47 Å². The Labute approximate surface area is 182 Å². The van der Waals surface area contributed by atoms with E-state index in [9.17, 15) is 4.79 Å². The van der Waals surface area contributed by atoms with Crippen molar-refractivity contribution in [3.63, 3.8) is 0 Å². The summed E-state index contributed by atoms with van der Waals surface area (Å²) in [6.45, 7) is 4.47. The zero-order chi connectivity index (χ0) is 20.8. The number of nitrogens with one attached hydrogen (secondary N) is 1. The van der Waals surface area contributed by atoms with Gasteiger partial charge in [0.1, 0.15) is 5.75 Å². The maximum Gasteiger partial charge on any atom is 0.255 e. The van der Waals surface area contributed by atoms with Gasteiger partial charge in [0.15, 0.2) is 0 Å². The van der Waals surface area contributed by atoms with Gasteiger partial charge in [-0.05, 0) is 48.7 Å². The van der Waals surface area contributed by atoms with Crippen molar-refractivity contribution < 1.29 is 14.3 Å². The largest absolute Gasteiger partial charge is 0.493 e. The third-order valence-corrected chi connectivity index (χ3v) is 6.96. The highest BCUT2D eigenvalue weighted by atomic mass is 32.2. The van der Waals surface area contributed by atoms with Gasteiger partial charge in [-0.1, -0.05) is 48.5 Å². The Morgan fingerprint density at radius 1 is 1.03 bits per heavy atom. The lowest BCUT2D eigenvalue weighted by atomic mass is 9.98. The predicted molar refractivity (Wildman–Crippen MR) is 123 cm³/mol. The average Bonchev–Trinajstić information content (AvgIpc) is 2.79. The molecule has 30 heavy (non-hydrogen) atoms. The average molecular weight is 422 g/mol. The lowest BCUT2D eigenvalue weighted by Gasteiger charge is -2.36. The molecule has 4 nitrogen and oxygen atoms in total. The fraction of sp³-hybridized carbons (Fsp3) is 0.320. The number of rotatable bonds is 7. The molecule has 156 valence electrons. The summed E-state index contributed by atoms with van der Waals surface area (Å²) in [6, 6.07) is 22.2. The molecule has 0 atom stereocenters. The second-order valence-electron chi connectivity index (χ2n) is 7.49. The summed E-state index contributed by atoms with van der Waals surface area (Å²) in [7, 11) is 0. The number of hydrogen-bond donors (Lipinski definition) is 1. The van der Waals surface area contributed by atoms with Gasteiger partial charge in [-0.25, -0.2) is 0 Å². The van der Waals surface area contributed by atoms with Crippen LogP contribution in [0, 0.1) is 0 Å². The number of benzene rings is 3. The van der Waals surface area contributed by atoms with Crippen LogP contribution in [0.15, 0.2) is 71.6 Å². The van der Waals surface area contributed by atoms with E-state index in [0.717, 1.165) is 23.6 Å². The zero-order valence-corrected chi connectivity index (χ0v) is 18.0. The van der Waals surface area contributed by atoms with Crippen LogP contribution in [0.1, 0.15) is 30.1 Å². The minimum atomic E-state index is -0.0882. The molecule has 0 aliphatic carbocycles. The van der Waals surface area contributed by atoms with Crippen LogP contribution in [-0.2, 0) is 4.74 Å².